The molecule has 0 rings (SSSR count). The van der Waals surface area contributed by atoms with Crippen LogP contribution in [-0.4, -0.2) is 41.9 Å². The summed E-state index contributed by atoms with van der Waals surface area (Å²) in [5, 5.41) is 0. The molecule has 0 fully saturated rings. The highest BCUT2D eigenvalue weighted by atomic mass is 28.4. The lowest BCUT2D eigenvalue weighted by Crippen LogP contribution is -2.52. The van der Waals surface area contributed by atoms with Crippen molar-refractivity contribution in [3.63, 3.8) is 0 Å². The van der Waals surface area contributed by atoms with Crippen molar-refractivity contribution in [1.82, 2.24) is 0 Å². The lowest BCUT2D eigenvalue weighted by atomic mass is 10.8. The smallest absolute Gasteiger partial charge is 0.376 e. The van der Waals surface area contributed by atoms with Crippen molar-refractivity contribution in [2.24, 2.45) is 4.99 Å². The Bertz CT molecular complexity index is 168. The Hall–Kier alpha value is -0.523. The fourth-order valence-electron chi connectivity index (χ4n) is 0.920. The summed E-state index contributed by atoms with van der Waals surface area (Å²) < 4.78 is 15.2. The van der Waals surface area contributed by atoms with Crippen molar-refractivity contribution < 1.29 is 18.1 Å². The van der Waals surface area contributed by atoms with Gasteiger partial charge in [0.05, 0.1) is 0 Å². The Morgan fingerprint density at radius 2 is 1.67 bits per heavy atom. The van der Waals surface area contributed by atoms with Gasteiger partial charge in [-0.25, -0.2) is 4.79 Å². The van der Waals surface area contributed by atoms with E-state index in [0.717, 1.165) is 0 Å². The molecule has 0 spiro atoms. The first-order valence-corrected chi connectivity index (χ1v) is 5.19. The van der Waals surface area contributed by atoms with Crippen LogP contribution >= 0.6 is 0 Å². The van der Waals surface area contributed by atoms with Gasteiger partial charge >= 0.3 is 8.80 Å². The van der Waals surface area contributed by atoms with E-state index in [4.69, 9.17) is 13.3 Å². The molecular weight excluding hydrogens is 178 g/mol. The summed E-state index contributed by atoms with van der Waals surface area (Å²) in [6, 6.07) is 0. The van der Waals surface area contributed by atoms with Gasteiger partial charge in [0.1, 0.15) is 5.67 Å². The van der Waals surface area contributed by atoms with E-state index in [1.807, 2.05) is 0 Å². The van der Waals surface area contributed by atoms with Crippen LogP contribution in [0.15, 0.2) is 4.99 Å². The zero-order chi connectivity index (χ0) is 9.61. The molecule has 5 nitrogen and oxygen atoms in total. The van der Waals surface area contributed by atoms with E-state index >= 15 is 0 Å². The van der Waals surface area contributed by atoms with Crippen LogP contribution in [0, 0.1) is 0 Å². The van der Waals surface area contributed by atoms with Crippen LogP contribution in [0.3, 0.4) is 0 Å². The maximum Gasteiger partial charge on any atom is 0.526 e. The Morgan fingerprint density at radius 1 is 1.25 bits per heavy atom. The lowest BCUT2D eigenvalue weighted by Gasteiger charge is -2.26. The van der Waals surface area contributed by atoms with Crippen LogP contribution in [0.4, 0.5) is 0 Å². The third-order valence-electron chi connectivity index (χ3n) is 1.61. The molecule has 0 aromatic heterocycles. The molecule has 12 heavy (non-hydrogen) atoms. The number of aliphatic imine (C=N–C) groups is 1. The first kappa shape index (κ1) is 11.5. The molecule has 70 valence electrons. The van der Waals surface area contributed by atoms with Crippen LogP contribution < -0.4 is 0 Å². The van der Waals surface area contributed by atoms with E-state index in [-0.39, 0.29) is 0 Å². The quantitative estimate of drug-likeness (QED) is 0.352. The second-order valence-corrected chi connectivity index (χ2v) is 5.38. The third kappa shape index (κ3) is 2.23. The van der Waals surface area contributed by atoms with Crippen molar-refractivity contribution in [2.45, 2.75) is 12.6 Å². The van der Waals surface area contributed by atoms with Gasteiger partial charge in [-0.05, 0) is 6.92 Å². The average molecular weight is 191 g/mol. The molecule has 1 unspecified atom stereocenters. The van der Waals surface area contributed by atoms with Crippen LogP contribution in [-0.2, 0) is 18.1 Å². The van der Waals surface area contributed by atoms with E-state index in [0.29, 0.717) is 0 Å². The van der Waals surface area contributed by atoms with Crippen molar-refractivity contribution in [1.29, 1.82) is 0 Å². The molecule has 0 aromatic carbocycles. The van der Waals surface area contributed by atoms with E-state index in [1.54, 1.807) is 6.92 Å². The minimum absolute atomic E-state index is 0.421. The summed E-state index contributed by atoms with van der Waals surface area (Å²) in [7, 11) is 1.63. The normalized spacial score (nSPS) is 13.7. The number of isocyanates is 1. The van der Waals surface area contributed by atoms with Crippen molar-refractivity contribution >= 4 is 14.9 Å². The number of carbonyl (C=O) groups excluding carboxylic acids is 1. The van der Waals surface area contributed by atoms with Crippen LogP contribution in [0.5, 0.6) is 0 Å². The molecule has 0 bridgehead atoms. The first-order chi connectivity index (χ1) is 5.66. The molecule has 0 aromatic rings. The van der Waals surface area contributed by atoms with E-state index in [2.05, 4.69) is 4.99 Å². The van der Waals surface area contributed by atoms with Gasteiger partial charge in [0.2, 0.25) is 6.08 Å². The molecule has 6 heteroatoms. The number of nitrogens with zero attached hydrogens (tertiary/aromatic N) is 1. The molecule has 0 radical (unpaired) electrons. The van der Waals surface area contributed by atoms with Crippen LogP contribution in [0.25, 0.3) is 0 Å². The number of rotatable bonds is 5. The van der Waals surface area contributed by atoms with Gasteiger partial charge in [0.25, 0.3) is 0 Å². The molecule has 0 saturated carbocycles. The Kier molecular flexibility index (Phi) is 4.95. The summed E-state index contributed by atoms with van der Waals surface area (Å²) in [6.45, 7) is 1.69. The fourth-order valence-corrected chi connectivity index (χ4v) is 2.65. The van der Waals surface area contributed by atoms with Gasteiger partial charge in [-0.15, -0.1) is 0 Å². The number of hydrogen-bond acceptors (Lipinski definition) is 5. The molecule has 0 aliphatic carbocycles. The Morgan fingerprint density at radius 3 is 1.92 bits per heavy atom. The van der Waals surface area contributed by atoms with Crippen LogP contribution in [0.1, 0.15) is 6.92 Å². The fraction of sp³-hybridized carbons (Fsp3) is 0.833. The number of hydrogen-bond donors (Lipinski definition) is 0. The van der Waals surface area contributed by atoms with Gasteiger partial charge in [0, 0.05) is 21.3 Å². The first-order valence-electron chi connectivity index (χ1n) is 3.39. The molecule has 0 aliphatic rings. The second kappa shape index (κ2) is 5.18. The second-order valence-electron chi connectivity index (χ2n) is 2.11. The lowest BCUT2D eigenvalue weighted by molar-refractivity contribution is 0.115. The standard InChI is InChI=1S/C6H13NO4Si/c1-6(7-5-8)12(9-2,10-3)11-4/h6H,1-4H3. The zero-order valence-corrected chi connectivity index (χ0v) is 8.66. The SMILES string of the molecule is CO[Si](OC)(OC)C(C)N=C=O. The summed E-state index contributed by atoms with van der Waals surface area (Å²) in [4.78, 5) is 13.5. The third-order valence-corrected chi connectivity index (χ3v) is 4.47. The summed E-state index contributed by atoms with van der Waals surface area (Å²) >= 11 is 0. The van der Waals surface area contributed by atoms with Gasteiger partial charge in [-0.2, -0.15) is 4.99 Å². The molecule has 0 aliphatic heterocycles. The zero-order valence-electron chi connectivity index (χ0n) is 7.66. The largest absolute Gasteiger partial charge is 0.526 e. The monoisotopic (exact) mass is 191 g/mol. The van der Waals surface area contributed by atoms with Crippen molar-refractivity contribution in [3.05, 3.63) is 0 Å². The summed E-state index contributed by atoms with van der Waals surface area (Å²) in [6.07, 6.45) is 1.45. The molecule has 0 N–H and O–H groups in total. The minimum Gasteiger partial charge on any atom is -0.376 e. The van der Waals surface area contributed by atoms with E-state index in [9.17, 15) is 4.79 Å². The minimum atomic E-state index is -2.77. The summed E-state index contributed by atoms with van der Waals surface area (Å²) in [5.74, 6) is 0. The van der Waals surface area contributed by atoms with E-state index in [1.165, 1.54) is 27.4 Å². The summed E-state index contributed by atoms with van der Waals surface area (Å²) in [5.41, 5.74) is -0.421. The van der Waals surface area contributed by atoms with Gasteiger partial charge in [0.15, 0.2) is 0 Å². The highest BCUT2D eigenvalue weighted by molar-refractivity contribution is 6.62. The molecule has 1 atom stereocenters. The molecule has 0 saturated heterocycles. The Labute approximate surface area is 72.7 Å². The average Bonchev–Trinajstić information content (AvgIpc) is 2.09. The van der Waals surface area contributed by atoms with Crippen molar-refractivity contribution in [3.8, 4) is 0 Å². The predicted molar refractivity (Wildman–Crippen MR) is 44.4 cm³/mol. The van der Waals surface area contributed by atoms with Gasteiger partial charge in [-0.3, -0.25) is 0 Å². The molecule has 0 heterocycles. The van der Waals surface area contributed by atoms with E-state index < -0.39 is 14.5 Å². The molecule has 0 amide bonds. The topological polar surface area (TPSA) is 57.1 Å². The van der Waals surface area contributed by atoms with Crippen LogP contribution in [0.2, 0.25) is 0 Å². The maximum atomic E-state index is 9.97. The Balaban J connectivity index is 4.56. The maximum absolute atomic E-state index is 9.97. The highest BCUT2D eigenvalue weighted by Crippen LogP contribution is 2.13. The van der Waals surface area contributed by atoms with Gasteiger partial charge < -0.3 is 13.3 Å². The molecular formula is C6H13NO4Si. The van der Waals surface area contributed by atoms with Crippen molar-refractivity contribution in [2.75, 3.05) is 21.3 Å². The van der Waals surface area contributed by atoms with Gasteiger partial charge in [-0.1, -0.05) is 0 Å². The highest BCUT2D eigenvalue weighted by Gasteiger charge is 2.45. The predicted octanol–water partition coefficient (Wildman–Crippen LogP) is 0.128.